The second-order valence-electron chi connectivity index (χ2n) is 10.3. The van der Waals surface area contributed by atoms with Crippen molar-refractivity contribution in [2.45, 2.75) is 31.2 Å². The van der Waals surface area contributed by atoms with Gasteiger partial charge >= 0.3 is 0 Å². The van der Waals surface area contributed by atoms with Crippen LogP contribution in [0.25, 0.3) is 33.3 Å². The first-order chi connectivity index (χ1) is 17.2. The number of hydrogen-bond acceptors (Lipinski definition) is 3. The molecule has 1 atom stereocenters. The zero-order chi connectivity index (χ0) is 25.2. The second-order valence-corrected chi connectivity index (χ2v) is 10.3. The Labute approximate surface area is 208 Å². The third-order valence-electron chi connectivity index (χ3n) is 7.56. The van der Waals surface area contributed by atoms with Gasteiger partial charge < -0.3 is 14.8 Å². The van der Waals surface area contributed by atoms with Crippen molar-refractivity contribution >= 4 is 16.9 Å². The van der Waals surface area contributed by atoms with Crippen LogP contribution in [0.1, 0.15) is 45.8 Å². The van der Waals surface area contributed by atoms with Crippen molar-refractivity contribution in [2.24, 2.45) is 0 Å². The maximum absolute atomic E-state index is 15.1. The zero-order valence-corrected chi connectivity index (χ0v) is 20.6. The maximum atomic E-state index is 15.1. The number of hydrogen-bond donors (Lipinski definition) is 1. The number of alkyl halides is 2. The quantitative estimate of drug-likeness (QED) is 0.386. The SMILES string of the molecule is CN1Cc2cc(-c3cnc4[nH]cc(-c5ccc(C(=O)N(C)C)cc5)c4c3)cc3c2C(CCC3(F)F)C1. The highest BCUT2D eigenvalue weighted by Crippen LogP contribution is 2.49. The molecule has 1 aliphatic heterocycles. The van der Waals surface area contributed by atoms with E-state index in [-0.39, 0.29) is 23.8 Å². The van der Waals surface area contributed by atoms with Crippen LogP contribution in [0.2, 0.25) is 0 Å². The topological polar surface area (TPSA) is 52.2 Å². The van der Waals surface area contributed by atoms with Crippen molar-refractivity contribution in [1.82, 2.24) is 19.8 Å². The number of benzene rings is 2. The molecule has 5 nitrogen and oxygen atoms in total. The summed E-state index contributed by atoms with van der Waals surface area (Å²) in [5.41, 5.74) is 6.88. The number of amides is 1. The maximum Gasteiger partial charge on any atom is 0.273 e. The molecule has 1 unspecified atom stereocenters. The number of H-pyrrole nitrogens is 1. The summed E-state index contributed by atoms with van der Waals surface area (Å²) in [6.45, 7) is 1.50. The van der Waals surface area contributed by atoms with Gasteiger partial charge in [-0.1, -0.05) is 12.1 Å². The highest BCUT2D eigenvalue weighted by Gasteiger charge is 2.43. The molecule has 0 saturated carbocycles. The molecule has 1 amide bonds. The lowest BCUT2D eigenvalue weighted by Crippen LogP contribution is -2.36. The summed E-state index contributed by atoms with van der Waals surface area (Å²) in [5.74, 6) is -2.69. The van der Waals surface area contributed by atoms with Crippen LogP contribution in [0, 0.1) is 0 Å². The van der Waals surface area contributed by atoms with Crippen LogP contribution >= 0.6 is 0 Å². The van der Waals surface area contributed by atoms with Crippen LogP contribution in [0.3, 0.4) is 0 Å². The lowest BCUT2D eigenvalue weighted by Gasteiger charge is -2.39. The minimum atomic E-state index is -2.81. The average Bonchev–Trinajstić information content (AvgIpc) is 3.28. The van der Waals surface area contributed by atoms with E-state index in [9.17, 15) is 4.79 Å². The number of nitrogens with zero attached hydrogens (tertiary/aromatic N) is 3. The molecule has 1 aliphatic carbocycles. The van der Waals surface area contributed by atoms with Gasteiger partial charge in [0.05, 0.1) is 0 Å². The normalized spacial score (nSPS) is 18.8. The molecule has 184 valence electrons. The molecule has 2 aromatic carbocycles. The minimum absolute atomic E-state index is 0.0505. The number of likely N-dealkylation sites (N-methyl/N-ethyl adjacent to an activating group) is 1. The van der Waals surface area contributed by atoms with Crippen molar-refractivity contribution in [2.75, 3.05) is 27.7 Å². The molecule has 2 aliphatic rings. The molecule has 36 heavy (non-hydrogen) atoms. The van der Waals surface area contributed by atoms with E-state index in [1.807, 2.05) is 36.5 Å². The molecule has 2 aromatic heterocycles. The summed E-state index contributed by atoms with van der Waals surface area (Å²) in [6.07, 6.45) is 4.07. The van der Waals surface area contributed by atoms with Gasteiger partial charge in [0.15, 0.2) is 0 Å². The monoisotopic (exact) mass is 486 g/mol. The van der Waals surface area contributed by atoms with Gasteiger partial charge in [0.2, 0.25) is 0 Å². The average molecular weight is 487 g/mol. The summed E-state index contributed by atoms with van der Waals surface area (Å²) in [7, 11) is 5.51. The van der Waals surface area contributed by atoms with Gasteiger partial charge in [0, 0.05) is 73.6 Å². The van der Waals surface area contributed by atoms with E-state index >= 15 is 8.78 Å². The molecular weight excluding hydrogens is 458 g/mol. The highest BCUT2D eigenvalue weighted by molar-refractivity contribution is 5.98. The van der Waals surface area contributed by atoms with Gasteiger partial charge in [-0.3, -0.25) is 4.79 Å². The van der Waals surface area contributed by atoms with Crippen molar-refractivity contribution in [3.05, 3.63) is 77.1 Å². The molecule has 4 aromatic rings. The molecular formula is C29H28F2N4O. The Morgan fingerprint density at radius 1 is 1.11 bits per heavy atom. The van der Waals surface area contributed by atoms with Crippen LogP contribution in [0.15, 0.2) is 54.9 Å². The molecule has 6 rings (SSSR count). The molecule has 0 fully saturated rings. The third kappa shape index (κ3) is 3.69. The van der Waals surface area contributed by atoms with Gasteiger partial charge in [0.1, 0.15) is 5.65 Å². The van der Waals surface area contributed by atoms with Crippen LogP contribution in [-0.2, 0) is 12.5 Å². The number of nitrogens with one attached hydrogen (secondary N) is 1. The molecule has 3 heterocycles. The van der Waals surface area contributed by atoms with Crippen LogP contribution in [0.5, 0.6) is 0 Å². The predicted octanol–water partition coefficient (Wildman–Crippen LogP) is 6.01. The Hall–Kier alpha value is -3.58. The standard InChI is InChI=1S/C29H28F2N4O/c1-34(2)28(36)18-6-4-17(5-7-18)24-14-33-27-23(24)11-21(13-32-27)20-10-22-16-35(3)15-19-8-9-29(30,31)25(12-20)26(19)22/h4-7,10-14,19H,8-9,15-16H2,1-3H3,(H,32,33). The fraction of sp³-hybridized carbons (Fsp3) is 0.310. The number of carbonyl (C=O) groups is 1. The predicted molar refractivity (Wildman–Crippen MR) is 137 cm³/mol. The molecule has 0 spiro atoms. The minimum Gasteiger partial charge on any atom is -0.346 e. The first-order valence-electron chi connectivity index (χ1n) is 12.2. The van der Waals surface area contributed by atoms with Gasteiger partial charge in [-0.05, 0) is 72.0 Å². The second kappa shape index (κ2) is 8.23. The number of carbonyl (C=O) groups excluding carboxylic acids is 1. The Bertz CT molecular complexity index is 1490. The van der Waals surface area contributed by atoms with Crippen molar-refractivity contribution in [1.29, 1.82) is 0 Å². The first-order valence-corrected chi connectivity index (χ1v) is 12.2. The zero-order valence-electron chi connectivity index (χ0n) is 20.6. The Balaban J connectivity index is 1.44. The summed E-state index contributed by atoms with van der Waals surface area (Å²) < 4.78 is 30.1. The summed E-state index contributed by atoms with van der Waals surface area (Å²) in [5, 5.41) is 0.910. The lowest BCUT2D eigenvalue weighted by molar-refractivity contribution is -0.0278. The number of rotatable bonds is 3. The lowest BCUT2D eigenvalue weighted by atomic mass is 9.75. The number of halogens is 2. The van der Waals surface area contributed by atoms with Crippen LogP contribution < -0.4 is 0 Å². The Morgan fingerprint density at radius 3 is 2.64 bits per heavy atom. The molecule has 0 radical (unpaired) electrons. The molecule has 7 heteroatoms. The van der Waals surface area contributed by atoms with E-state index in [2.05, 4.69) is 28.0 Å². The van der Waals surface area contributed by atoms with Gasteiger partial charge in [-0.2, -0.15) is 0 Å². The van der Waals surface area contributed by atoms with E-state index < -0.39 is 5.92 Å². The van der Waals surface area contributed by atoms with E-state index in [1.54, 1.807) is 31.3 Å². The largest absolute Gasteiger partial charge is 0.346 e. The highest BCUT2D eigenvalue weighted by atomic mass is 19.3. The fourth-order valence-electron chi connectivity index (χ4n) is 5.79. The summed E-state index contributed by atoms with van der Waals surface area (Å²) >= 11 is 0. The fourth-order valence-corrected chi connectivity index (χ4v) is 5.79. The van der Waals surface area contributed by atoms with Gasteiger partial charge in [-0.25, -0.2) is 13.8 Å². The first kappa shape index (κ1) is 22.9. The number of aromatic nitrogens is 2. The Morgan fingerprint density at radius 2 is 1.89 bits per heavy atom. The number of fused-ring (bicyclic) bond motifs is 1. The van der Waals surface area contributed by atoms with Crippen molar-refractivity contribution in [3.8, 4) is 22.3 Å². The van der Waals surface area contributed by atoms with Crippen molar-refractivity contribution in [3.63, 3.8) is 0 Å². The van der Waals surface area contributed by atoms with Gasteiger partial charge in [0.25, 0.3) is 11.8 Å². The van der Waals surface area contributed by atoms with E-state index in [4.69, 9.17) is 0 Å². The van der Waals surface area contributed by atoms with Crippen molar-refractivity contribution < 1.29 is 13.6 Å². The van der Waals surface area contributed by atoms with E-state index in [1.165, 1.54) is 0 Å². The van der Waals surface area contributed by atoms with E-state index in [0.29, 0.717) is 18.5 Å². The van der Waals surface area contributed by atoms with Gasteiger partial charge in [-0.15, -0.1) is 0 Å². The molecule has 0 saturated heterocycles. The summed E-state index contributed by atoms with van der Waals surface area (Å²) in [6, 6.07) is 13.3. The third-order valence-corrected chi connectivity index (χ3v) is 7.56. The smallest absolute Gasteiger partial charge is 0.273 e. The number of aromatic amines is 1. The van der Waals surface area contributed by atoms with Crippen LogP contribution in [0.4, 0.5) is 8.78 Å². The Kier molecular flexibility index (Phi) is 5.23. The number of pyridine rings is 1. The van der Waals surface area contributed by atoms with Crippen LogP contribution in [-0.4, -0.2) is 53.4 Å². The summed E-state index contributed by atoms with van der Waals surface area (Å²) in [4.78, 5) is 23.8. The molecule has 1 N–H and O–H groups in total. The van der Waals surface area contributed by atoms with E-state index in [0.717, 1.165) is 51.0 Å². The molecule has 0 bridgehead atoms.